The molecule has 1 aliphatic heterocycles. The molecule has 2 fully saturated rings. The Morgan fingerprint density at radius 1 is 1.07 bits per heavy atom. The summed E-state index contributed by atoms with van der Waals surface area (Å²) in [4.78, 5) is 3.99. The molecule has 5 rings (SSSR count). The molecule has 2 aromatic carbocycles. The molecule has 0 radical (unpaired) electrons. The Balaban J connectivity index is 1.07. The van der Waals surface area contributed by atoms with Crippen molar-refractivity contribution in [2.75, 3.05) is 25.9 Å². The van der Waals surface area contributed by atoms with Crippen molar-refractivity contribution in [3.05, 3.63) is 65.2 Å². The fourth-order valence-electron chi connectivity index (χ4n) is 5.51. The van der Waals surface area contributed by atoms with Gasteiger partial charge in [-0.05, 0) is 92.7 Å². The second-order valence-corrected chi connectivity index (χ2v) is 9.93. The normalized spacial score (nSPS) is 27.2. The van der Waals surface area contributed by atoms with E-state index in [1.807, 2.05) is 11.8 Å². The first-order chi connectivity index (χ1) is 13.8. The SMILES string of the molecule is CSc1ccc(CN2CCC(CNC3CC34CCc3ccccc34)CC2)cc1. The number of nitrogens with zero attached hydrogens (tertiary/aromatic N) is 1. The van der Waals surface area contributed by atoms with Gasteiger partial charge in [-0.2, -0.15) is 0 Å². The van der Waals surface area contributed by atoms with E-state index in [0.29, 0.717) is 5.41 Å². The van der Waals surface area contributed by atoms with E-state index in [4.69, 9.17) is 0 Å². The Bertz CT molecular complexity index is 810. The van der Waals surface area contributed by atoms with Gasteiger partial charge in [0.25, 0.3) is 0 Å². The zero-order valence-electron chi connectivity index (χ0n) is 17.0. The molecule has 1 N–H and O–H groups in total. The van der Waals surface area contributed by atoms with E-state index in [0.717, 1.165) is 18.5 Å². The summed E-state index contributed by atoms with van der Waals surface area (Å²) in [6.07, 6.45) is 8.82. The molecule has 2 aromatic rings. The molecule has 1 spiro atoms. The molecular formula is C25H32N2S. The molecule has 2 atom stereocenters. The lowest BCUT2D eigenvalue weighted by atomic mass is 9.95. The summed E-state index contributed by atoms with van der Waals surface area (Å²) < 4.78 is 0. The monoisotopic (exact) mass is 392 g/mol. The number of likely N-dealkylation sites (tertiary alicyclic amines) is 1. The van der Waals surface area contributed by atoms with Crippen LogP contribution in [0.2, 0.25) is 0 Å². The van der Waals surface area contributed by atoms with E-state index in [1.54, 1.807) is 11.1 Å². The van der Waals surface area contributed by atoms with Crippen molar-refractivity contribution < 1.29 is 0 Å². The molecule has 0 bridgehead atoms. The van der Waals surface area contributed by atoms with Crippen LogP contribution in [0, 0.1) is 5.92 Å². The fraction of sp³-hybridized carbons (Fsp3) is 0.520. The highest BCUT2D eigenvalue weighted by molar-refractivity contribution is 7.98. The molecule has 0 aromatic heterocycles. The minimum atomic E-state index is 0.486. The fourth-order valence-corrected chi connectivity index (χ4v) is 5.92. The number of fused-ring (bicyclic) bond motifs is 2. The lowest BCUT2D eigenvalue weighted by Crippen LogP contribution is -2.38. The van der Waals surface area contributed by atoms with Crippen LogP contribution < -0.4 is 5.32 Å². The van der Waals surface area contributed by atoms with Gasteiger partial charge in [0, 0.05) is 22.9 Å². The summed E-state index contributed by atoms with van der Waals surface area (Å²) in [6.45, 7) is 4.81. The lowest BCUT2D eigenvalue weighted by Gasteiger charge is -2.32. The van der Waals surface area contributed by atoms with Gasteiger partial charge in [-0.15, -0.1) is 11.8 Å². The number of piperidine rings is 1. The van der Waals surface area contributed by atoms with E-state index in [-0.39, 0.29) is 0 Å². The quantitative estimate of drug-likeness (QED) is 0.706. The number of benzene rings is 2. The van der Waals surface area contributed by atoms with Crippen LogP contribution in [-0.4, -0.2) is 36.8 Å². The summed E-state index contributed by atoms with van der Waals surface area (Å²) in [5, 5.41) is 3.96. The largest absolute Gasteiger partial charge is 0.313 e. The number of thioether (sulfide) groups is 1. The summed E-state index contributed by atoms with van der Waals surface area (Å²) in [5.74, 6) is 0.851. The molecule has 3 aliphatic rings. The van der Waals surface area contributed by atoms with Crippen LogP contribution in [0.15, 0.2) is 53.4 Å². The van der Waals surface area contributed by atoms with Gasteiger partial charge in [0.05, 0.1) is 0 Å². The van der Waals surface area contributed by atoms with Gasteiger partial charge in [0.15, 0.2) is 0 Å². The molecule has 2 unspecified atom stereocenters. The average molecular weight is 393 g/mol. The van der Waals surface area contributed by atoms with Crippen molar-refractivity contribution in [1.82, 2.24) is 10.2 Å². The Kier molecular flexibility index (Phi) is 5.25. The predicted octanol–water partition coefficient (Wildman–Crippen LogP) is 4.87. The number of nitrogens with one attached hydrogen (secondary N) is 1. The first-order valence-corrected chi connectivity index (χ1v) is 12.2. The lowest BCUT2D eigenvalue weighted by molar-refractivity contribution is 0.175. The summed E-state index contributed by atoms with van der Waals surface area (Å²) in [6, 6.07) is 19.0. The van der Waals surface area contributed by atoms with Crippen LogP contribution in [0.25, 0.3) is 0 Å². The van der Waals surface area contributed by atoms with E-state index < -0.39 is 0 Å². The molecule has 2 aliphatic carbocycles. The van der Waals surface area contributed by atoms with E-state index >= 15 is 0 Å². The molecule has 0 amide bonds. The molecule has 28 heavy (non-hydrogen) atoms. The van der Waals surface area contributed by atoms with Gasteiger partial charge in [-0.1, -0.05) is 36.4 Å². The minimum Gasteiger partial charge on any atom is -0.313 e. The van der Waals surface area contributed by atoms with Gasteiger partial charge in [0.1, 0.15) is 0 Å². The Labute approximate surface area is 174 Å². The predicted molar refractivity (Wildman–Crippen MR) is 119 cm³/mol. The Morgan fingerprint density at radius 3 is 2.64 bits per heavy atom. The van der Waals surface area contributed by atoms with Crippen LogP contribution in [0.3, 0.4) is 0 Å². The third-order valence-electron chi connectivity index (χ3n) is 7.39. The average Bonchev–Trinajstić information content (AvgIpc) is 3.34. The standard InChI is InChI=1S/C25H32N2S/c1-28-22-8-6-20(7-9-22)18-27-14-11-19(12-15-27)17-26-24-16-25(24)13-10-21-4-2-3-5-23(21)25/h2-9,19,24,26H,10-18H2,1H3. The molecule has 3 heteroatoms. The van der Waals surface area contributed by atoms with Crippen LogP contribution >= 0.6 is 11.8 Å². The van der Waals surface area contributed by atoms with Crippen molar-refractivity contribution in [3.8, 4) is 0 Å². The Morgan fingerprint density at radius 2 is 1.86 bits per heavy atom. The summed E-state index contributed by atoms with van der Waals surface area (Å²) in [7, 11) is 0. The van der Waals surface area contributed by atoms with Gasteiger partial charge in [0.2, 0.25) is 0 Å². The number of hydrogen-bond donors (Lipinski definition) is 1. The zero-order valence-corrected chi connectivity index (χ0v) is 17.8. The zero-order chi connectivity index (χ0) is 19.0. The van der Waals surface area contributed by atoms with Crippen molar-refractivity contribution >= 4 is 11.8 Å². The molecule has 1 saturated heterocycles. The summed E-state index contributed by atoms with van der Waals surface area (Å²) in [5.41, 5.74) is 5.19. The number of hydrogen-bond acceptors (Lipinski definition) is 3. The van der Waals surface area contributed by atoms with E-state index in [9.17, 15) is 0 Å². The Hall–Kier alpha value is -1.29. The first kappa shape index (κ1) is 18.7. The minimum absolute atomic E-state index is 0.486. The second-order valence-electron chi connectivity index (χ2n) is 9.05. The van der Waals surface area contributed by atoms with Crippen molar-refractivity contribution in [3.63, 3.8) is 0 Å². The molecule has 2 nitrogen and oxygen atoms in total. The maximum atomic E-state index is 3.96. The number of rotatable bonds is 6. The molecular weight excluding hydrogens is 360 g/mol. The van der Waals surface area contributed by atoms with Crippen LogP contribution in [0.1, 0.15) is 42.4 Å². The van der Waals surface area contributed by atoms with E-state index in [1.165, 1.54) is 62.2 Å². The van der Waals surface area contributed by atoms with Gasteiger partial charge >= 0.3 is 0 Å². The third-order valence-corrected chi connectivity index (χ3v) is 8.14. The van der Waals surface area contributed by atoms with Crippen LogP contribution in [-0.2, 0) is 18.4 Å². The molecule has 1 saturated carbocycles. The maximum Gasteiger partial charge on any atom is 0.0233 e. The topological polar surface area (TPSA) is 15.3 Å². The van der Waals surface area contributed by atoms with E-state index in [2.05, 4.69) is 65.0 Å². The van der Waals surface area contributed by atoms with Crippen molar-refractivity contribution in [2.24, 2.45) is 5.92 Å². The highest BCUT2D eigenvalue weighted by atomic mass is 32.2. The van der Waals surface area contributed by atoms with Gasteiger partial charge < -0.3 is 5.32 Å². The summed E-state index contributed by atoms with van der Waals surface area (Å²) >= 11 is 1.82. The first-order valence-electron chi connectivity index (χ1n) is 10.9. The van der Waals surface area contributed by atoms with Crippen LogP contribution in [0.4, 0.5) is 0 Å². The third kappa shape index (κ3) is 3.65. The smallest absolute Gasteiger partial charge is 0.0233 e. The van der Waals surface area contributed by atoms with Crippen molar-refractivity contribution in [2.45, 2.75) is 55.0 Å². The highest BCUT2D eigenvalue weighted by Crippen LogP contribution is 2.56. The van der Waals surface area contributed by atoms with Crippen LogP contribution in [0.5, 0.6) is 0 Å². The van der Waals surface area contributed by atoms with Crippen molar-refractivity contribution in [1.29, 1.82) is 0 Å². The molecule has 1 heterocycles. The van der Waals surface area contributed by atoms with Gasteiger partial charge in [-0.3, -0.25) is 4.90 Å². The highest BCUT2D eigenvalue weighted by Gasteiger charge is 2.57. The molecule has 148 valence electrons. The maximum absolute atomic E-state index is 3.96. The second kappa shape index (κ2) is 7.85. The van der Waals surface area contributed by atoms with Gasteiger partial charge in [-0.25, -0.2) is 0 Å². The number of aryl methyl sites for hydroxylation is 1.